The van der Waals surface area contributed by atoms with Gasteiger partial charge in [-0.15, -0.1) is 0 Å². The molecule has 1 saturated heterocycles. The molecule has 32 heavy (non-hydrogen) atoms. The normalized spacial score (nSPS) is 14.2. The van der Waals surface area contributed by atoms with Crippen molar-refractivity contribution in [1.29, 1.82) is 0 Å². The Bertz CT molecular complexity index is 1090. The van der Waals surface area contributed by atoms with Crippen LogP contribution < -0.4 is 9.80 Å². The average Bonchev–Trinajstić information content (AvgIpc) is 2.83. The topological polar surface area (TPSA) is 126 Å². The lowest BCUT2D eigenvalue weighted by Gasteiger charge is -2.31. The number of carboxylic acid groups (broad SMARTS) is 1. The van der Waals surface area contributed by atoms with Gasteiger partial charge >= 0.3 is 11.7 Å². The molecule has 1 aliphatic rings. The molecule has 1 aliphatic heterocycles. The van der Waals surface area contributed by atoms with E-state index in [1.807, 2.05) is 36.4 Å². The molecule has 3 aromatic rings. The highest BCUT2D eigenvalue weighted by Gasteiger charge is 2.34. The highest BCUT2D eigenvalue weighted by Crippen LogP contribution is 2.39. The number of carboxylic acids is 1. The van der Waals surface area contributed by atoms with Crippen LogP contribution in [0.3, 0.4) is 0 Å². The standard InChI is InChI=1S/C22H22N6O4/c29-22(30)17-9-12-26(13-10-17)20-19(28(31)32)21(25-15-24-20)27(18-8-4-5-11-23-18)14-16-6-2-1-3-7-16/h1-8,11,15,17H,9-10,12-14H2,(H,29,30). The average molecular weight is 434 g/mol. The fourth-order valence-electron chi connectivity index (χ4n) is 3.83. The number of nitrogens with zero attached hydrogens (tertiary/aromatic N) is 6. The van der Waals surface area contributed by atoms with Crippen molar-refractivity contribution in [2.24, 2.45) is 5.92 Å². The van der Waals surface area contributed by atoms with Crippen LogP contribution >= 0.6 is 0 Å². The molecule has 0 unspecified atom stereocenters. The first-order valence-corrected chi connectivity index (χ1v) is 10.2. The molecule has 1 aromatic carbocycles. The Balaban J connectivity index is 1.75. The number of nitro groups is 1. The number of piperidine rings is 1. The van der Waals surface area contributed by atoms with Crippen LogP contribution in [-0.2, 0) is 11.3 Å². The maximum absolute atomic E-state index is 12.2. The Morgan fingerprint density at radius 2 is 1.81 bits per heavy atom. The fourth-order valence-corrected chi connectivity index (χ4v) is 3.83. The van der Waals surface area contributed by atoms with E-state index in [0.29, 0.717) is 38.3 Å². The van der Waals surface area contributed by atoms with Gasteiger partial charge in [-0.05, 0) is 30.5 Å². The van der Waals surface area contributed by atoms with Crippen molar-refractivity contribution >= 4 is 29.1 Å². The molecule has 0 atom stereocenters. The molecule has 0 radical (unpaired) electrons. The van der Waals surface area contributed by atoms with Gasteiger partial charge in [-0.1, -0.05) is 36.4 Å². The molecule has 0 spiro atoms. The minimum atomic E-state index is -0.841. The molecule has 0 bridgehead atoms. The Hall–Kier alpha value is -4.08. The van der Waals surface area contributed by atoms with Gasteiger partial charge in [0.25, 0.3) is 0 Å². The van der Waals surface area contributed by atoms with Crippen LogP contribution in [0, 0.1) is 16.0 Å². The SMILES string of the molecule is O=C(O)C1CCN(c2ncnc(N(Cc3ccccc3)c3ccccn3)c2[N+](=O)[O-])CC1. The zero-order valence-electron chi connectivity index (χ0n) is 17.2. The second-order valence-electron chi connectivity index (χ2n) is 7.49. The Morgan fingerprint density at radius 3 is 2.44 bits per heavy atom. The lowest BCUT2D eigenvalue weighted by Crippen LogP contribution is -2.37. The third-order valence-electron chi connectivity index (χ3n) is 5.47. The number of aromatic nitrogens is 3. The summed E-state index contributed by atoms with van der Waals surface area (Å²) in [7, 11) is 0. The van der Waals surface area contributed by atoms with E-state index >= 15 is 0 Å². The first-order chi connectivity index (χ1) is 15.5. The molecule has 1 N–H and O–H groups in total. The van der Waals surface area contributed by atoms with Crippen LogP contribution in [0.25, 0.3) is 0 Å². The third-order valence-corrected chi connectivity index (χ3v) is 5.47. The minimum absolute atomic E-state index is 0.142. The van der Waals surface area contributed by atoms with E-state index in [0.717, 1.165) is 5.56 Å². The van der Waals surface area contributed by atoms with Crippen LogP contribution in [-0.4, -0.2) is 44.0 Å². The Kier molecular flexibility index (Phi) is 6.20. The number of benzene rings is 1. The number of rotatable bonds is 7. The fraction of sp³-hybridized carbons (Fsp3) is 0.273. The van der Waals surface area contributed by atoms with Crippen molar-refractivity contribution < 1.29 is 14.8 Å². The maximum atomic E-state index is 12.2. The van der Waals surface area contributed by atoms with Crippen LogP contribution in [0.5, 0.6) is 0 Å². The molecule has 4 rings (SSSR count). The smallest absolute Gasteiger partial charge is 0.354 e. The number of hydrogen-bond acceptors (Lipinski definition) is 8. The zero-order valence-corrected chi connectivity index (χ0v) is 17.2. The van der Waals surface area contributed by atoms with Crippen LogP contribution in [0.15, 0.2) is 61.1 Å². The van der Waals surface area contributed by atoms with Crippen molar-refractivity contribution in [2.75, 3.05) is 22.9 Å². The number of carbonyl (C=O) groups is 1. The van der Waals surface area contributed by atoms with Gasteiger partial charge in [0, 0.05) is 19.3 Å². The van der Waals surface area contributed by atoms with E-state index in [-0.39, 0.29) is 17.3 Å². The monoisotopic (exact) mass is 434 g/mol. The summed E-state index contributed by atoms with van der Waals surface area (Å²) in [4.78, 5) is 39.4. The van der Waals surface area contributed by atoms with Crippen LogP contribution in [0.4, 0.5) is 23.1 Å². The molecular formula is C22H22N6O4. The van der Waals surface area contributed by atoms with Crippen molar-refractivity contribution in [2.45, 2.75) is 19.4 Å². The summed E-state index contributed by atoms with van der Waals surface area (Å²) >= 11 is 0. The third kappa shape index (κ3) is 4.48. The molecule has 10 heteroatoms. The molecule has 3 heterocycles. The second kappa shape index (κ2) is 9.38. The summed E-state index contributed by atoms with van der Waals surface area (Å²) < 4.78 is 0. The van der Waals surface area contributed by atoms with Crippen LogP contribution in [0.2, 0.25) is 0 Å². The van der Waals surface area contributed by atoms with Gasteiger partial charge in [-0.25, -0.2) is 15.0 Å². The first kappa shape index (κ1) is 21.2. The Labute approximate surface area is 184 Å². The summed E-state index contributed by atoms with van der Waals surface area (Å²) in [6, 6.07) is 14.9. The molecular weight excluding hydrogens is 412 g/mol. The van der Waals surface area contributed by atoms with E-state index in [2.05, 4.69) is 15.0 Å². The van der Waals surface area contributed by atoms with E-state index in [1.165, 1.54) is 6.33 Å². The molecule has 0 aliphatic carbocycles. The molecule has 0 saturated carbocycles. The predicted octanol–water partition coefficient (Wildman–Crippen LogP) is 3.42. The summed E-state index contributed by atoms with van der Waals surface area (Å²) in [5, 5.41) is 21.5. The molecule has 10 nitrogen and oxygen atoms in total. The molecule has 0 amide bonds. The lowest BCUT2D eigenvalue weighted by atomic mass is 9.97. The summed E-state index contributed by atoms with van der Waals surface area (Å²) in [5.41, 5.74) is 0.720. The number of anilines is 3. The minimum Gasteiger partial charge on any atom is -0.481 e. The van der Waals surface area contributed by atoms with E-state index in [4.69, 9.17) is 0 Å². The second-order valence-corrected chi connectivity index (χ2v) is 7.49. The highest BCUT2D eigenvalue weighted by atomic mass is 16.6. The van der Waals surface area contributed by atoms with E-state index < -0.39 is 16.8 Å². The number of aliphatic carboxylic acids is 1. The highest BCUT2D eigenvalue weighted by molar-refractivity contribution is 5.76. The lowest BCUT2D eigenvalue weighted by molar-refractivity contribution is -0.383. The zero-order chi connectivity index (χ0) is 22.5. The molecule has 2 aromatic heterocycles. The molecule has 1 fully saturated rings. The van der Waals surface area contributed by atoms with Gasteiger partial charge in [-0.2, -0.15) is 0 Å². The maximum Gasteiger partial charge on any atom is 0.354 e. The van der Waals surface area contributed by atoms with Crippen molar-refractivity contribution in [3.8, 4) is 0 Å². The van der Waals surface area contributed by atoms with Gasteiger partial charge < -0.3 is 14.9 Å². The summed E-state index contributed by atoms with van der Waals surface area (Å²) in [6.07, 6.45) is 3.74. The predicted molar refractivity (Wildman–Crippen MR) is 118 cm³/mol. The largest absolute Gasteiger partial charge is 0.481 e. The molecule has 164 valence electrons. The van der Waals surface area contributed by atoms with E-state index in [1.54, 1.807) is 28.1 Å². The number of pyridine rings is 1. The first-order valence-electron chi connectivity index (χ1n) is 10.2. The van der Waals surface area contributed by atoms with Crippen molar-refractivity contribution in [3.63, 3.8) is 0 Å². The van der Waals surface area contributed by atoms with Gasteiger partial charge in [0.1, 0.15) is 12.1 Å². The van der Waals surface area contributed by atoms with Crippen molar-refractivity contribution in [3.05, 3.63) is 76.7 Å². The van der Waals surface area contributed by atoms with Gasteiger partial charge in [0.05, 0.1) is 17.4 Å². The van der Waals surface area contributed by atoms with Crippen molar-refractivity contribution in [1.82, 2.24) is 15.0 Å². The Morgan fingerprint density at radius 1 is 1.09 bits per heavy atom. The number of hydrogen-bond donors (Lipinski definition) is 1. The van der Waals surface area contributed by atoms with Crippen LogP contribution in [0.1, 0.15) is 18.4 Å². The van der Waals surface area contributed by atoms with Gasteiger partial charge in [0.15, 0.2) is 0 Å². The van der Waals surface area contributed by atoms with Gasteiger partial charge in [0.2, 0.25) is 11.6 Å². The van der Waals surface area contributed by atoms with E-state index in [9.17, 15) is 20.0 Å². The van der Waals surface area contributed by atoms with Gasteiger partial charge in [-0.3, -0.25) is 14.9 Å². The summed E-state index contributed by atoms with van der Waals surface area (Å²) in [6.45, 7) is 1.07. The quantitative estimate of drug-likeness (QED) is 0.440. The summed E-state index contributed by atoms with van der Waals surface area (Å²) in [5.74, 6) is -0.434.